The topological polar surface area (TPSA) is 59.6 Å². The van der Waals surface area contributed by atoms with Crippen LogP contribution in [0.3, 0.4) is 0 Å². The van der Waals surface area contributed by atoms with Gasteiger partial charge in [-0.3, -0.25) is 4.79 Å². The number of carbonyl (C=O) groups excluding carboxylic acids is 1. The molecule has 1 amide bonds. The van der Waals surface area contributed by atoms with Gasteiger partial charge < -0.3 is 20.1 Å². The van der Waals surface area contributed by atoms with Gasteiger partial charge in [-0.05, 0) is 43.0 Å². The average molecular weight is 370 g/mol. The van der Waals surface area contributed by atoms with E-state index in [9.17, 15) is 4.79 Å². The maximum atomic E-state index is 12.2. The van der Waals surface area contributed by atoms with Gasteiger partial charge in [0.15, 0.2) is 0 Å². The second-order valence-electron chi connectivity index (χ2n) is 6.84. The van der Waals surface area contributed by atoms with Gasteiger partial charge in [0.1, 0.15) is 11.5 Å². The van der Waals surface area contributed by atoms with Crippen molar-refractivity contribution in [1.29, 1.82) is 0 Å². The molecule has 0 aromatic heterocycles. The average Bonchev–Trinajstić information content (AvgIpc) is 2.65. The van der Waals surface area contributed by atoms with Crippen molar-refractivity contribution in [2.45, 2.75) is 33.6 Å². The molecule has 0 aliphatic carbocycles. The largest absolute Gasteiger partial charge is 0.494 e. The van der Waals surface area contributed by atoms with Gasteiger partial charge in [0.05, 0.1) is 19.8 Å². The number of hydrogen-bond donors (Lipinski definition) is 2. The summed E-state index contributed by atoms with van der Waals surface area (Å²) in [6.07, 6.45) is 1.96. The first-order valence-electron chi connectivity index (χ1n) is 9.56. The summed E-state index contributed by atoms with van der Waals surface area (Å²) in [5.41, 5.74) is 1.58. The Labute approximate surface area is 162 Å². The van der Waals surface area contributed by atoms with Crippen molar-refractivity contribution >= 4 is 17.3 Å². The van der Waals surface area contributed by atoms with E-state index in [2.05, 4.69) is 31.4 Å². The van der Waals surface area contributed by atoms with Crippen molar-refractivity contribution in [3.63, 3.8) is 0 Å². The number of rotatable bonds is 11. The molecular formula is C22H30N2O3. The summed E-state index contributed by atoms with van der Waals surface area (Å²) in [5, 5.41) is 6.01. The molecule has 27 heavy (non-hydrogen) atoms. The summed E-state index contributed by atoms with van der Waals surface area (Å²) < 4.78 is 11.3. The van der Waals surface area contributed by atoms with Crippen LogP contribution in [0.25, 0.3) is 0 Å². The molecular weight excluding hydrogens is 340 g/mol. The third kappa shape index (κ3) is 8.03. The molecule has 0 bridgehead atoms. The highest BCUT2D eigenvalue weighted by Crippen LogP contribution is 2.19. The third-order valence-electron chi connectivity index (χ3n) is 3.84. The second-order valence-corrected chi connectivity index (χ2v) is 6.84. The molecule has 2 aromatic carbocycles. The maximum Gasteiger partial charge on any atom is 0.243 e. The number of ether oxygens (including phenoxy) is 2. The Morgan fingerprint density at radius 1 is 0.963 bits per heavy atom. The fourth-order valence-corrected chi connectivity index (χ4v) is 2.38. The minimum Gasteiger partial charge on any atom is -0.494 e. The second kappa shape index (κ2) is 11.1. The van der Waals surface area contributed by atoms with Crippen LogP contribution in [0.4, 0.5) is 11.4 Å². The first-order chi connectivity index (χ1) is 13.1. The van der Waals surface area contributed by atoms with Crippen molar-refractivity contribution < 1.29 is 14.3 Å². The number of anilines is 2. The summed E-state index contributed by atoms with van der Waals surface area (Å²) >= 11 is 0. The molecule has 0 unspecified atom stereocenters. The maximum absolute atomic E-state index is 12.2. The van der Waals surface area contributed by atoms with Gasteiger partial charge in [-0.25, -0.2) is 0 Å². The number of hydrogen-bond acceptors (Lipinski definition) is 4. The van der Waals surface area contributed by atoms with Crippen molar-refractivity contribution in [2.24, 2.45) is 5.92 Å². The van der Waals surface area contributed by atoms with Gasteiger partial charge in [0, 0.05) is 23.5 Å². The number of amides is 1. The van der Waals surface area contributed by atoms with E-state index in [1.807, 2.05) is 48.5 Å². The monoisotopic (exact) mass is 370 g/mol. The minimum atomic E-state index is -0.116. The van der Waals surface area contributed by atoms with E-state index in [1.54, 1.807) is 0 Å². The number of nitrogens with one attached hydrogen (secondary N) is 2. The predicted molar refractivity (Wildman–Crippen MR) is 111 cm³/mol. The van der Waals surface area contributed by atoms with E-state index in [4.69, 9.17) is 9.47 Å². The highest BCUT2D eigenvalue weighted by Gasteiger charge is 2.05. The minimum absolute atomic E-state index is 0.116. The molecule has 2 rings (SSSR count). The fraction of sp³-hybridized carbons (Fsp3) is 0.409. The van der Waals surface area contributed by atoms with Crippen LogP contribution < -0.4 is 20.1 Å². The Kier molecular flexibility index (Phi) is 8.49. The van der Waals surface area contributed by atoms with E-state index in [-0.39, 0.29) is 12.5 Å². The molecule has 0 atom stereocenters. The van der Waals surface area contributed by atoms with E-state index in [0.717, 1.165) is 35.7 Å². The Balaban J connectivity index is 1.81. The van der Waals surface area contributed by atoms with Crippen LogP contribution in [0.2, 0.25) is 0 Å². The molecule has 2 aromatic rings. The molecule has 0 saturated carbocycles. The molecule has 5 nitrogen and oxygen atoms in total. The Morgan fingerprint density at radius 2 is 1.59 bits per heavy atom. The highest BCUT2D eigenvalue weighted by atomic mass is 16.5. The van der Waals surface area contributed by atoms with Crippen LogP contribution in [0.5, 0.6) is 11.5 Å². The Morgan fingerprint density at radius 3 is 2.26 bits per heavy atom. The molecule has 0 saturated heterocycles. The molecule has 0 fully saturated rings. The molecule has 146 valence electrons. The van der Waals surface area contributed by atoms with Gasteiger partial charge in [-0.15, -0.1) is 0 Å². The Bertz CT molecular complexity index is 716. The smallest absolute Gasteiger partial charge is 0.243 e. The molecule has 2 N–H and O–H groups in total. The lowest BCUT2D eigenvalue weighted by Crippen LogP contribution is -2.21. The van der Waals surface area contributed by atoms with Crippen molar-refractivity contribution in [1.82, 2.24) is 0 Å². The van der Waals surface area contributed by atoms with Gasteiger partial charge in [-0.2, -0.15) is 0 Å². The van der Waals surface area contributed by atoms with Crippen LogP contribution in [0.15, 0.2) is 48.5 Å². The van der Waals surface area contributed by atoms with Crippen LogP contribution in [0, 0.1) is 5.92 Å². The van der Waals surface area contributed by atoms with Gasteiger partial charge >= 0.3 is 0 Å². The zero-order valence-electron chi connectivity index (χ0n) is 16.5. The highest BCUT2D eigenvalue weighted by molar-refractivity contribution is 5.93. The standard InChI is InChI=1S/C22H30N2O3/c1-4-12-26-20-9-5-7-18(14-20)23-16-22(25)24-19-8-6-10-21(15-19)27-13-11-17(2)3/h5-10,14-15,17,23H,4,11-13,16H2,1-3H3,(H,24,25). The molecule has 0 heterocycles. The Hall–Kier alpha value is -2.69. The molecule has 0 spiro atoms. The first-order valence-corrected chi connectivity index (χ1v) is 9.56. The fourth-order valence-electron chi connectivity index (χ4n) is 2.38. The van der Waals surface area contributed by atoms with Crippen LogP contribution in [0.1, 0.15) is 33.6 Å². The van der Waals surface area contributed by atoms with Crippen molar-refractivity contribution in [3.05, 3.63) is 48.5 Å². The first kappa shape index (κ1) is 20.6. The van der Waals surface area contributed by atoms with E-state index < -0.39 is 0 Å². The molecule has 5 heteroatoms. The lowest BCUT2D eigenvalue weighted by molar-refractivity contribution is -0.114. The third-order valence-corrected chi connectivity index (χ3v) is 3.84. The molecule has 0 radical (unpaired) electrons. The van der Waals surface area contributed by atoms with Crippen LogP contribution in [-0.2, 0) is 4.79 Å². The van der Waals surface area contributed by atoms with Gasteiger partial charge in [0.25, 0.3) is 0 Å². The quantitative estimate of drug-likeness (QED) is 0.587. The van der Waals surface area contributed by atoms with Crippen LogP contribution >= 0.6 is 0 Å². The SMILES string of the molecule is CCCOc1cccc(NCC(=O)Nc2cccc(OCCC(C)C)c2)c1. The zero-order valence-corrected chi connectivity index (χ0v) is 16.5. The van der Waals surface area contributed by atoms with Gasteiger partial charge in [-0.1, -0.05) is 32.9 Å². The lowest BCUT2D eigenvalue weighted by Gasteiger charge is -2.11. The van der Waals surface area contributed by atoms with Crippen LogP contribution in [-0.4, -0.2) is 25.7 Å². The van der Waals surface area contributed by atoms with E-state index in [1.165, 1.54) is 0 Å². The number of benzene rings is 2. The summed E-state index contributed by atoms with van der Waals surface area (Å²) in [7, 11) is 0. The lowest BCUT2D eigenvalue weighted by atomic mass is 10.1. The predicted octanol–water partition coefficient (Wildman–Crippen LogP) is 4.95. The summed E-state index contributed by atoms with van der Waals surface area (Å²) in [6.45, 7) is 7.93. The van der Waals surface area contributed by atoms with E-state index in [0.29, 0.717) is 19.1 Å². The molecule has 0 aliphatic heterocycles. The van der Waals surface area contributed by atoms with E-state index >= 15 is 0 Å². The normalized spacial score (nSPS) is 10.5. The summed E-state index contributed by atoms with van der Waals surface area (Å²) in [6, 6.07) is 15.1. The zero-order chi connectivity index (χ0) is 19.5. The molecule has 0 aliphatic rings. The number of carbonyl (C=O) groups is 1. The van der Waals surface area contributed by atoms with Crippen molar-refractivity contribution in [2.75, 3.05) is 30.4 Å². The summed E-state index contributed by atoms with van der Waals surface area (Å²) in [5.74, 6) is 2.05. The summed E-state index contributed by atoms with van der Waals surface area (Å²) in [4.78, 5) is 12.2. The van der Waals surface area contributed by atoms with Gasteiger partial charge in [0.2, 0.25) is 5.91 Å². The van der Waals surface area contributed by atoms with Crippen molar-refractivity contribution in [3.8, 4) is 11.5 Å².